The number of imidazole rings is 1. The van der Waals surface area contributed by atoms with E-state index in [4.69, 9.17) is 17.4 Å². The monoisotopic (exact) mass is 572 g/mol. The third kappa shape index (κ3) is 6.21. The molecule has 4 rings (SSSR count). The summed E-state index contributed by atoms with van der Waals surface area (Å²) in [6, 6.07) is 12.1. The molecule has 0 saturated heterocycles. The summed E-state index contributed by atoms with van der Waals surface area (Å²) < 4.78 is 40.8. The lowest BCUT2D eigenvalue weighted by atomic mass is 9.97. The van der Waals surface area contributed by atoms with Crippen molar-refractivity contribution in [1.29, 1.82) is 0 Å². The molecular formula is C28H28ClF3N6O2. The highest BCUT2D eigenvalue weighted by Crippen LogP contribution is 2.34. The molecule has 1 aromatic heterocycles. The number of H-pyrrole nitrogens is 1. The molecule has 0 spiro atoms. The zero-order valence-corrected chi connectivity index (χ0v) is 23.0. The quantitative estimate of drug-likeness (QED) is 0.115. The van der Waals surface area contributed by atoms with Gasteiger partial charge in [0.05, 0.1) is 27.9 Å². The van der Waals surface area contributed by atoms with Crippen molar-refractivity contribution in [2.45, 2.75) is 33.9 Å². The Bertz CT molecular complexity index is 1590. The number of carbonyl (C=O) groups excluding carboxylic acids is 2. The fraction of sp³-hybridized carbons (Fsp3) is 0.250. The molecule has 8 nitrogen and oxygen atoms in total. The molecule has 0 atom stereocenters. The highest BCUT2D eigenvalue weighted by atomic mass is 35.5. The second-order valence-electron chi connectivity index (χ2n) is 10.5. The van der Waals surface area contributed by atoms with E-state index in [9.17, 15) is 22.8 Å². The second kappa shape index (κ2) is 10.8. The van der Waals surface area contributed by atoms with Crippen LogP contribution in [0.5, 0.6) is 0 Å². The van der Waals surface area contributed by atoms with Crippen LogP contribution in [0.25, 0.3) is 11.0 Å². The molecule has 0 bridgehead atoms. The van der Waals surface area contributed by atoms with Crippen molar-refractivity contribution in [3.63, 3.8) is 0 Å². The van der Waals surface area contributed by atoms with Crippen LogP contribution >= 0.6 is 11.6 Å². The van der Waals surface area contributed by atoms with Crippen molar-refractivity contribution < 1.29 is 22.8 Å². The normalized spacial score (nSPS) is 11.9. The summed E-state index contributed by atoms with van der Waals surface area (Å²) in [4.78, 5) is 34.2. The van der Waals surface area contributed by atoms with Crippen LogP contribution in [0.3, 0.4) is 0 Å². The Labute approximate surface area is 233 Å². The smallest absolute Gasteiger partial charge is 0.355 e. The van der Waals surface area contributed by atoms with Gasteiger partial charge in [-0.05, 0) is 54.3 Å². The molecule has 12 heteroatoms. The average molecular weight is 573 g/mol. The molecule has 1 heterocycles. The third-order valence-electron chi connectivity index (χ3n) is 6.08. The fourth-order valence-electron chi connectivity index (χ4n) is 3.94. The summed E-state index contributed by atoms with van der Waals surface area (Å²) in [6.45, 7) is 8.39. The summed E-state index contributed by atoms with van der Waals surface area (Å²) in [6.07, 6.45) is -4.77. The number of carbonyl (C=O) groups is 2. The summed E-state index contributed by atoms with van der Waals surface area (Å²) in [5.41, 5.74) is -0.107. The number of fused-ring (bicyclic) bond motifs is 1. The number of benzene rings is 3. The molecule has 0 radical (unpaired) electrons. The number of nitrogens with two attached hydrogens (primary N) is 1. The molecule has 0 saturated carbocycles. The van der Waals surface area contributed by atoms with Crippen LogP contribution in [0, 0.1) is 12.3 Å². The number of nitrogens with one attached hydrogen (secondary N) is 3. The molecule has 210 valence electrons. The van der Waals surface area contributed by atoms with Crippen LogP contribution in [-0.4, -0.2) is 28.3 Å². The van der Waals surface area contributed by atoms with E-state index in [-0.39, 0.29) is 22.2 Å². The predicted octanol–water partition coefficient (Wildman–Crippen LogP) is 6.77. The summed E-state index contributed by atoms with van der Waals surface area (Å²) in [7, 11) is 0. The van der Waals surface area contributed by atoms with Crippen LogP contribution in [0.1, 0.15) is 52.6 Å². The van der Waals surface area contributed by atoms with Gasteiger partial charge in [-0.1, -0.05) is 50.6 Å². The molecule has 0 aliphatic carbocycles. The topological polar surface area (TPSA) is 116 Å². The van der Waals surface area contributed by atoms with Crippen molar-refractivity contribution in [2.75, 3.05) is 22.2 Å². The Morgan fingerprint density at radius 2 is 1.75 bits per heavy atom. The SMILES string of the molecule is Cc1c(Cl)cccc1NC(=O)c1cc(N(N)C(=O)c2ccccc2C(F)(F)F)cc2[nH]c(NCC(C)(C)C)nc12. The van der Waals surface area contributed by atoms with E-state index < -0.39 is 29.1 Å². The van der Waals surface area contributed by atoms with Gasteiger partial charge in [-0.2, -0.15) is 13.2 Å². The van der Waals surface area contributed by atoms with Gasteiger partial charge in [-0.15, -0.1) is 0 Å². The zero-order chi connectivity index (χ0) is 29.4. The lowest BCUT2D eigenvalue weighted by molar-refractivity contribution is -0.137. The number of rotatable bonds is 6. The minimum Gasteiger partial charge on any atom is -0.355 e. The standard InChI is InChI=1S/C28H28ClF3N6O2/c1-15-20(29)10-7-11-21(15)35-24(39)18-12-16(13-22-23(18)37-26(36-22)34-14-27(2,3)4)38(33)25(40)17-8-5-6-9-19(17)28(30,31)32/h5-13H,14,33H2,1-4H3,(H,35,39)(H2,34,36,37). The third-order valence-corrected chi connectivity index (χ3v) is 6.49. The molecule has 5 N–H and O–H groups in total. The van der Waals surface area contributed by atoms with Gasteiger partial charge < -0.3 is 15.6 Å². The van der Waals surface area contributed by atoms with E-state index in [1.54, 1.807) is 25.1 Å². The van der Waals surface area contributed by atoms with E-state index in [0.717, 1.165) is 12.1 Å². The lowest BCUT2D eigenvalue weighted by Gasteiger charge is -2.20. The van der Waals surface area contributed by atoms with E-state index in [1.807, 2.05) is 20.8 Å². The Balaban J connectivity index is 1.79. The maximum Gasteiger partial charge on any atom is 0.417 e. The number of aromatic nitrogens is 2. The van der Waals surface area contributed by atoms with Crippen molar-refractivity contribution >= 4 is 51.8 Å². The minimum absolute atomic E-state index is 0.0199. The predicted molar refractivity (Wildman–Crippen MR) is 151 cm³/mol. The first-order valence-electron chi connectivity index (χ1n) is 12.2. The van der Waals surface area contributed by atoms with Crippen molar-refractivity contribution in [2.24, 2.45) is 11.3 Å². The van der Waals surface area contributed by atoms with Gasteiger partial charge in [0, 0.05) is 17.3 Å². The van der Waals surface area contributed by atoms with Crippen molar-refractivity contribution in [3.8, 4) is 0 Å². The molecule has 0 fully saturated rings. The minimum atomic E-state index is -4.77. The molecule has 0 unspecified atom stereocenters. The molecule has 0 aliphatic rings. The van der Waals surface area contributed by atoms with Gasteiger partial charge >= 0.3 is 6.18 Å². The number of aromatic amines is 1. The fourth-order valence-corrected chi connectivity index (χ4v) is 4.12. The van der Waals surface area contributed by atoms with E-state index in [2.05, 4.69) is 20.6 Å². The first kappa shape index (κ1) is 28.9. The zero-order valence-electron chi connectivity index (χ0n) is 22.2. The number of hydrazine groups is 1. The molecule has 3 aromatic carbocycles. The number of anilines is 3. The Hall–Kier alpha value is -4.09. The molecule has 4 aromatic rings. The molecule has 40 heavy (non-hydrogen) atoms. The number of amides is 2. The number of halogens is 4. The van der Waals surface area contributed by atoms with Crippen LogP contribution in [-0.2, 0) is 6.18 Å². The number of nitrogens with zero attached hydrogens (tertiary/aromatic N) is 2. The van der Waals surface area contributed by atoms with Gasteiger partial charge in [0.2, 0.25) is 5.95 Å². The summed E-state index contributed by atoms with van der Waals surface area (Å²) >= 11 is 6.20. The highest BCUT2D eigenvalue weighted by Gasteiger charge is 2.36. The van der Waals surface area contributed by atoms with Crippen molar-refractivity contribution in [1.82, 2.24) is 9.97 Å². The highest BCUT2D eigenvalue weighted by molar-refractivity contribution is 6.31. The first-order valence-corrected chi connectivity index (χ1v) is 12.6. The average Bonchev–Trinajstić information content (AvgIpc) is 3.31. The first-order chi connectivity index (χ1) is 18.7. The van der Waals surface area contributed by atoms with E-state index in [0.29, 0.717) is 39.3 Å². The maximum absolute atomic E-state index is 13.6. The Kier molecular flexibility index (Phi) is 7.82. The van der Waals surface area contributed by atoms with E-state index >= 15 is 0 Å². The molecular weight excluding hydrogens is 545 g/mol. The largest absolute Gasteiger partial charge is 0.417 e. The molecule has 2 amide bonds. The second-order valence-corrected chi connectivity index (χ2v) is 10.9. The van der Waals surface area contributed by atoms with Gasteiger partial charge in [0.1, 0.15) is 5.52 Å². The van der Waals surface area contributed by atoms with Gasteiger partial charge in [0.25, 0.3) is 11.8 Å². The van der Waals surface area contributed by atoms with Crippen LogP contribution < -0.4 is 21.5 Å². The van der Waals surface area contributed by atoms with Gasteiger partial charge in [0.15, 0.2) is 0 Å². The van der Waals surface area contributed by atoms with Crippen LogP contribution in [0.15, 0.2) is 54.6 Å². The lowest BCUT2D eigenvalue weighted by Crippen LogP contribution is -2.38. The van der Waals surface area contributed by atoms with Crippen molar-refractivity contribution in [3.05, 3.63) is 81.9 Å². The Morgan fingerprint density at radius 3 is 2.42 bits per heavy atom. The van der Waals surface area contributed by atoms with Crippen LogP contribution in [0.4, 0.5) is 30.5 Å². The van der Waals surface area contributed by atoms with Gasteiger partial charge in [-0.25, -0.2) is 15.8 Å². The number of alkyl halides is 3. The summed E-state index contributed by atoms with van der Waals surface area (Å²) in [5, 5.41) is 6.99. The Morgan fingerprint density at radius 1 is 1.05 bits per heavy atom. The van der Waals surface area contributed by atoms with Crippen LogP contribution in [0.2, 0.25) is 5.02 Å². The summed E-state index contributed by atoms with van der Waals surface area (Å²) in [5.74, 6) is 4.76. The van der Waals surface area contributed by atoms with Gasteiger partial charge in [-0.3, -0.25) is 9.59 Å². The number of hydrogen-bond acceptors (Lipinski definition) is 5. The maximum atomic E-state index is 13.6. The molecule has 0 aliphatic heterocycles. The van der Waals surface area contributed by atoms with E-state index in [1.165, 1.54) is 24.3 Å². The number of hydrogen-bond donors (Lipinski definition) is 4.